The lowest BCUT2D eigenvalue weighted by molar-refractivity contribution is 0.102. The minimum atomic E-state index is -0.572. The summed E-state index contributed by atoms with van der Waals surface area (Å²) in [4.78, 5) is 19.1. The Morgan fingerprint density at radius 2 is 2.18 bits per heavy atom. The maximum atomic E-state index is 12.9. The molecule has 0 atom stereocenters. The second kappa shape index (κ2) is 4.88. The molecule has 0 aromatic carbocycles. The van der Waals surface area contributed by atoms with E-state index in [4.69, 9.17) is 11.6 Å². The summed E-state index contributed by atoms with van der Waals surface area (Å²) in [6.45, 7) is 0. The van der Waals surface area contributed by atoms with Crippen molar-refractivity contribution in [1.29, 1.82) is 0 Å². The fraction of sp³-hybridized carbons (Fsp3) is 0. The van der Waals surface area contributed by atoms with Gasteiger partial charge in [-0.05, 0) is 18.2 Å². The van der Waals surface area contributed by atoms with E-state index in [9.17, 15) is 9.18 Å². The number of amides is 1. The lowest BCUT2D eigenvalue weighted by Gasteiger charge is -2.04. The number of halogens is 2. The van der Waals surface area contributed by atoms with Crippen LogP contribution in [0.5, 0.6) is 0 Å². The van der Waals surface area contributed by atoms with Crippen molar-refractivity contribution >= 4 is 23.3 Å². The molecule has 2 heterocycles. The normalized spacial score (nSPS) is 10.0. The van der Waals surface area contributed by atoms with E-state index < -0.39 is 11.7 Å². The first-order valence-electron chi connectivity index (χ1n) is 4.69. The van der Waals surface area contributed by atoms with E-state index in [2.05, 4.69) is 15.3 Å². The van der Waals surface area contributed by atoms with Crippen LogP contribution < -0.4 is 5.32 Å². The van der Waals surface area contributed by atoms with Crippen LogP contribution in [0, 0.1) is 5.82 Å². The summed E-state index contributed by atoms with van der Waals surface area (Å²) in [5.74, 6) is -0.768. The van der Waals surface area contributed by atoms with Crippen molar-refractivity contribution < 1.29 is 9.18 Å². The van der Waals surface area contributed by atoms with Crippen LogP contribution in [-0.4, -0.2) is 15.9 Å². The number of hydrogen-bond acceptors (Lipinski definition) is 3. The fourth-order valence-corrected chi connectivity index (χ4v) is 1.37. The van der Waals surface area contributed by atoms with Gasteiger partial charge in [-0.15, -0.1) is 0 Å². The molecule has 0 bridgehead atoms. The summed E-state index contributed by atoms with van der Waals surface area (Å²) in [6.07, 6.45) is 2.29. The Balaban J connectivity index is 2.17. The van der Waals surface area contributed by atoms with Gasteiger partial charge < -0.3 is 5.32 Å². The highest BCUT2D eigenvalue weighted by Crippen LogP contribution is 2.10. The molecule has 0 radical (unpaired) electrons. The van der Waals surface area contributed by atoms with Gasteiger partial charge in [0.1, 0.15) is 16.8 Å². The Bertz CT molecular complexity index is 562. The summed E-state index contributed by atoms with van der Waals surface area (Å²) >= 11 is 5.66. The summed E-state index contributed by atoms with van der Waals surface area (Å²) in [5.41, 5.74) is 0.117. The lowest BCUT2D eigenvalue weighted by atomic mass is 10.2. The van der Waals surface area contributed by atoms with Crippen LogP contribution in [0.15, 0.2) is 36.7 Å². The molecule has 0 aliphatic carbocycles. The summed E-state index contributed by atoms with van der Waals surface area (Å²) in [7, 11) is 0. The first-order chi connectivity index (χ1) is 8.15. The molecule has 2 aromatic heterocycles. The van der Waals surface area contributed by atoms with Crippen molar-refractivity contribution in [2.75, 3.05) is 5.32 Å². The Labute approximate surface area is 101 Å². The number of anilines is 1. The highest BCUT2D eigenvalue weighted by molar-refractivity contribution is 6.29. The van der Waals surface area contributed by atoms with Gasteiger partial charge in [0.15, 0.2) is 0 Å². The van der Waals surface area contributed by atoms with Gasteiger partial charge in [-0.25, -0.2) is 9.37 Å². The van der Waals surface area contributed by atoms with Crippen LogP contribution >= 0.6 is 11.6 Å². The number of aromatic nitrogens is 2. The predicted molar refractivity (Wildman–Crippen MR) is 61.4 cm³/mol. The SMILES string of the molecule is O=C(Nc1cccc(Cl)n1)c1cncc(F)c1. The maximum Gasteiger partial charge on any atom is 0.258 e. The predicted octanol–water partition coefficient (Wildman–Crippen LogP) is 2.52. The average Bonchev–Trinajstić information content (AvgIpc) is 2.29. The number of hydrogen-bond donors (Lipinski definition) is 1. The van der Waals surface area contributed by atoms with Gasteiger partial charge in [-0.1, -0.05) is 17.7 Å². The zero-order valence-corrected chi connectivity index (χ0v) is 9.28. The molecule has 0 aliphatic heterocycles. The number of pyridine rings is 2. The minimum absolute atomic E-state index is 0.117. The van der Waals surface area contributed by atoms with Crippen LogP contribution in [0.3, 0.4) is 0 Å². The largest absolute Gasteiger partial charge is 0.306 e. The molecule has 2 aromatic rings. The second-order valence-corrected chi connectivity index (χ2v) is 3.58. The molecule has 4 nitrogen and oxygen atoms in total. The van der Waals surface area contributed by atoms with E-state index in [1.165, 1.54) is 6.20 Å². The second-order valence-electron chi connectivity index (χ2n) is 3.19. The van der Waals surface area contributed by atoms with E-state index in [0.717, 1.165) is 12.3 Å². The Morgan fingerprint density at radius 3 is 2.88 bits per heavy atom. The molecule has 0 spiro atoms. The first kappa shape index (κ1) is 11.5. The smallest absolute Gasteiger partial charge is 0.258 e. The Morgan fingerprint density at radius 1 is 1.35 bits per heavy atom. The van der Waals surface area contributed by atoms with E-state index >= 15 is 0 Å². The topological polar surface area (TPSA) is 54.9 Å². The van der Waals surface area contributed by atoms with E-state index in [0.29, 0.717) is 5.82 Å². The first-order valence-corrected chi connectivity index (χ1v) is 5.07. The number of nitrogens with zero attached hydrogens (tertiary/aromatic N) is 2. The number of nitrogens with one attached hydrogen (secondary N) is 1. The highest BCUT2D eigenvalue weighted by Gasteiger charge is 2.08. The molecule has 1 amide bonds. The third-order valence-corrected chi connectivity index (χ3v) is 2.13. The molecule has 6 heteroatoms. The summed E-state index contributed by atoms with van der Waals surface area (Å²) < 4.78 is 12.9. The molecule has 17 heavy (non-hydrogen) atoms. The van der Waals surface area contributed by atoms with Crippen molar-refractivity contribution in [3.05, 3.63) is 53.2 Å². The number of rotatable bonds is 2. The molecule has 0 unspecified atom stereocenters. The average molecular weight is 252 g/mol. The van der Waals surface area contributed by atoms with Crippen LogP contribution in [0.4, 0.5) is 10.2 Å². The third-order valence-electron chi connectivity index (χ3n) is 1.92. The molecular weight excluding hydrogens is 245 g/mol. The van der Waals surface area contributed by atoms with Crippen LogP contribution in [0.25, 0.3) is 0 Å². The van der Waals surface area contributed by atoms with E-state index in [1.807, 2.05) is 0 Å². The maximum absolute atomic E-state index is 12.9. The quantitative estimate of drug-likeness (QED) is 0.835. The van der Waals surface area contributed by atoms with Gasteiger partial charge in [0.25, 0.3) is 5.91 Å². The molecule has 0 aliphatic rings. The summed E-state index contributed by atoms with van der Waals surface area (Å²) in [6, 6.07) is 5.90. The van der Waals surface area contributed by atoms with Crippen LogP contribution in [0.2, 0.25) is 5.15 Å². The van der Waals surface area contributed by atoms with Crippen molar-refractivity contribution in [2.24, 2.45) is 0 Å². The molecular formula is C11H7ClFN3O. The van der Waals surface area contributed by atoms with Crippen molar-refractivity contribution in [2.45, 2.75) is 0 Å². The molecule has 86 valence electrons. The Kier molecular flexibility index (Phi) is 3.30. The monoisotopic (exact) mass is 251 g/mol. The van der Waals surface area contributed by atoms with Gasteiger partial charge in [0, 0.05) is 6.20 Å². The van der Waals surface area contributed by atoms with Crippen molar-refractivity contribution in [3.8, 4) is 0 Å². The van der Waals surface area contributed by atoms with E-state index in [-0.39, 0.29) is 10.7 Å². The van der Waals surface area contributed by atoms with Crippen molar-refractivity contribution in [1.82, 2.24) is 9.97 Å². The highest BCUT2D eigenvalue weighted by atomic mass is 35.5. The number of carbonyl (C=O) groups is 1. The minimum Gasteiger partial charge on any atom is -0.306 e. The van der Waals surface area contributed by atoms with Gasteiger partial charge in [0.2, 0.25) is 0 Å². The standard InChI is InChI=1S/C11H7ClFN3O/c12-9-2-1-3-10(15-9)16-11(17)7-4-8(13)6-14-5-7/h1-6H,(H,15,16,17). The molecule has 0 fully saturated rings. The molecule has 0 saturated carbocycles. The summed E-state index contributed by atoms with van der Waals surface area (Å²) in [5, 5.41) is 2.75. The fourth-order valence-electron chi connectivity index (χ4n) is 1.20. The zero-order chi connectivity index (χ0) is 12.3. The van der Waals surface area contributed by atoms with E-state index in [1.54, 1.807) is 18.2 Å². The zero-order valence-electron chi connectivity index (χ0n) is 8.52. The lowest BCUT2D eigenvalue weighted by Crippen LogP contribution is -2.13. The number of carbonyl (C=O) groups excluding carboxylic acids is 1. The van der Waals surface area contributed by atoms with Gasteiger partial charge in [-0.3, -0.25) is 9.78 Å². The van der Waals surface area contributed by atoms with Crippen LogP contribution in [-0.2, 0) is 0 Å². The Hall–Kier alpha value is -2.01. The van der Waals surface area contributed by atoms with Gasteiger partial charge in [-0.2, -0.15) is 0 Å². The third kappa shape index (κ3) is 2.98. The van der Waals surface area contributed by atoms with Gasteiger partial charge in [0.05, 0.1) is 11.8 Å². The molecule has 2 rings (SSSR count). The van der Waals surface area contributed by atoms with Gasteiger partial charge >= 0.3 is 0 Å². The van der Waals surface area contributed by atoms with Crippen molar-refractivity contribution in [3.63, 3.8) is 0 Å². The molecule has 0 saturated heterocycles. The van der Waals surface area contributed by atoms with Crippen LogP contribution in [0.1, 0.15) is 10.4 Å². The molecule has 1 N–H and O–H groups in total.